The summed E-state index contributed by atoms with van der Waals surface area (Å²) in [4.78, 5) is 16.0. The Morgan fingerprint density at radius 1 is 0.914 bits per heavy atom. The number of hydrogen-bond acceptors (Lipinski definition) is 6. The van der Waals surface area contributed by atoms with Gasteiger partial charge in [0, 0.05) is 11.6 Å². The SMILES string of the molecule is COc1cccc(C(=O)NC(Nc2nc3ccc(OC(F)(F)F)cc3s2)(C(F)(F)F)C(F)(F)F)c1. The molecular weight excluding hydrogens is 521 g/mol. The van der Waals surface area contributed by atoms with E-state index in [2.05, 4.69) is 9.72 Å². The predicted octanol–water partition coefficient (Wildman–Crippen LogP) is 5.87. The largest absolute Gasteiger partial charge is 0.573 e. The molecule has 0 spiro atoms. The number of nitrogens with one attached hydrogen (secondary N) is 2. The molecule has 0 radical (unpaired) electrons. The zero-order valence-electron chi connectivity index (χ0n) is 17.0. The van der Waals surface area contributed by atoms with Crippen LogP contribution < -0.4 is 20.1 Å². The van der Waals surface area contributed by atoms with Gasteiger partial charge in [-0.2, -0.15) is 26.3 Å². The number of methoxy groups -OCH3 is 1. The molecule has 3 aromatic rings. The van der Waals surface area contributed by atoms with Gasteiger partial charge in [0.25, 0.3) is 5.91 Å². The molecule has 0 aliphatic rings. The van der Waals surface area contributed by atoms with Gasteiger partial charge in [0.2, 0.25) is 0 Å². The fourth-order valence-electron chi connectivity index (χ4n) is 2.80. The first-order valence-electron chi connectivity index (χ1n) is 9.09. The van der Waals surface area contributed by atoms with Gasteiger partial charge in [-0.15, -0.1) is 13.2 Å². The number of hydrogen-bond donors (Lipinski definition) is 2. The molecule has 2 aromatic carbocycles. The first-order chi connectivity index (χ1) is 16.0. The summed E-state index contributed by atoms with van der Waals surface area (Å²) in [5, 5.41) is 1.16. The first kappa shape index (κ1) is 26.2. The average molecular weight is 533 g/mol. The molecular formula is C19H12F9N3O3S. The van der Waals surface area contributed by atoms with Gasteiger partial charge in [-0.3, -0.25) is 4.79 Å². The van der Waals surface area contributed by atoms with E-state index < -0.39 is 46.7 Å². The number of aromatic nitrogens is 1. The standard InChI is InChI=1S/C19H12F9N3O3S/c1-33-10-4-2-3-9(7-10)14(32)30-16(17(20,21)22,18(23,24)25)31-15-29-12-6-5-11(8-13(12)35-15)34-19(26,27)28/h2-8H,1H3,(H,29,31)(H,30,32). The van der Waals surface area contributed by atoms with Crippen molar-refractivity contribution < 1.29 is 53.8 Å². The number of ether oxygens (including phenoxy) is 2. The summed E-state index contributed by atoms with van der Waals surface area (Å²) < 4.78 is 129. The van der Waals surface area contributed by atoms with Crippen molar-refractivity contribution >= 4 is 32.6 Å². The van der Waals surface area contributed by atoms with Crippen molar-refractivity contribution in [2.45, 2.75) is 24.4 Å². The van der Waals surface area contributed by atoms with Crippen LogP contribution in [0.25, 0.3) is 10.2 Å². The number of rotatable bonds is 6. The lowest BCUT2D eigenvalue weighted by Crippen LogP contribution is -2.72. The maximum Gasteiger partial charge on any atom is 0.573 e. The third kappa shape index (κ3) is 5.63. The molecule has 3 rings (SSSR count). The number of halogens is 9. The van der Waals surface area contributed by atoms with Crippen LogP contribution in [0, 0.1) is 0 Å². The van der Waals surface area contributed by atoms with E-state index in [4.69, 9.17) is 4.74 Å². The highest BCUT2D eigenvalue weighted by atomic mass is 32.1. The predicted molar refractivity (Wildman–Crippen MR) is 105 cm³/mol. The van der Waals surface area contributed by atoms with Gasteiger partial charge in [-0.25, -0.2) is 4.98 Å². The summed E-state index contributed by atoms with van der Waals surface area (Å²) in [7, 11) is 1.17. The Bertz CT molecular complexity index is 1210. The second-order valence-electron chi connectivity index (χ2n) is 6.75. The molecule has 0 saturated heterocycles. The molecule has 0 aliphatic heterocycles. The molecule has 0 atom stereocenters. The maximum atomic E-state index is 13.9. The molecule has 0 unspecified atom stereocenters. The Kier molecular flexibility index (Phi) is 6.71. The van der Waals surface area contributed by atoms with E-state index in [1.807, 2.05) is 0 Å². The third-order valence-corrected chi connectivity index (χ3v) is 5.30. The van der Waals surface area contributed by atoms with Crippen LogP contribution in [0.2, 0.25) is 0 Å². The van der Waals surface area contributed by atoms with E-state index in [0.29, 0.717) is 0 Å². The lowest BCUT2D eigenvalue weighted by atomic mass is 10.1. The van der Waals surface area contributed by atoms with Gasteiger partial charge < -0.3 is 20.1 Å². The number of benzene rings is 2. The Morgan fingerprint density at radius 2 is 1.57 bits per heavy atom. The third-order valence-electron chi connectivity index (χ3n) is 4.37. The van der Waals surface area contributed by atoms with Crippen molar-refractivity contribution in [3.63, 3.8) is 0 Å². The van der Waals surface area contributed by atoms with Gasteiger partial charge in [0.15, 0.2) is 5.13 Å². The van der Waals surface area contributed by atoms with Gasteiger partial charge in [-0.1, -0.05) is 17.4 Å². The van der Waals surface area contributed by atoms with E-state index in [9.17, 15) is 44.3 Å². The number of nitrogens with zero attached hydrogens (tertiary/aromatic N) is 1. The highest BCUT2D eigenvalue weighted by molar-refractivity contribution is 7.22. The van der Waals surface area contributed by atoms with Crippen LogP contribution in [0.5, 0.6) is 11.5 Å². The van der Waals surface area contributed by atoms with E-state index in [1.165, 1.54) is 24.6 Å². The number of fused-ring (bicyclic) bond motifs is 1. The smallest absolute Gasteiger partial charge is 0.497 e. The lowest BCUT2D eigenvalue weighted by molar-refractivity contribution is -0.294. The average Bonchev–Trinajstić information content (AvgIpc) is 3.11. The number of anilines is 1. The molecule has 1 heterocycles. The Hall–Kier alpha value is -3.43. The summed E-state index contributed by atoms with van der Waals surface area (Å²) in [6.45, 7) is 0. The minimum atomic E-state index is -6.14. The normalized spacial score (nSPS) is 13.0. The summed E-state index contributed by atoms with van der Waals surface area (Å²) in [6.07, 6.45) is -17.4. The van der Waals surface area contributed by atoms with Crippen LogP contribution in [0.3, 0.4) is 0 Å². The van der Waals surface area contributed by atoms with Crippen LogP contribution in [-0.2, 0) is 0 Å². The number of alkyl halides is 9. The van der Waals surface area contributed by atoms with Crippen molar-refractivity contribution in [1.82, 2.24) is 10.3 Å². The molecule has 1 aromatic heterocycles. The number of thiazole rings is 1. The van der Waals surface area contributed by atoms with Crippen LogP contribution in [0.4, 0.5) is 44.6 Å². The second kappa shape index (κ2) is 8.98. The van der Waals surface area contributed by atoms with Crippen molar-refractivity contribution in [2.75, 3.05) is 12.4 Å². The fraction of sp³-hybridized carbons (Fsp3) is 0.263. The summed E-state index contributed by atoms with van der Waals surface area (Å²) in [5.41, 5.74) is -5.79. The molecule has 6 nitrogen and oxygen atoms in total. The van der Waals surface area contributed by atoms with Gasteiger partial charge in [-0.05, 0) is 30.3 Å². The quantitative estimate of drug-likeness (QED) is 0.307. The number of carbonyl (C=O) groups excluding carboxylic acids is 1. The van der Waals surface area contributed by atoms with Crippen molar-refractivity contribution in [2.24, 2.45) is 0 Å². The number of amides is 1. The van der Waals surface area contributed by atoms with E-state index in [-0.39, 0.29) is 27.3 Å². The zero-order chi connectivity index (χ0) is 26.2. The molecule has 0 bridgehead atoms. The Balaban J connectivity index is 2.03. The maximum absolute atomic E-state index is 13.9. The molecule has 0 aliphatic carbocycles. The van der Waals surface area contributed by atoms with Crippen LogP contribution in [0.1, 0.15) is 10.4 Å². The minimum absolute atomic E-state index is 0.00159. The topological polar surface area (TPSA) is 72.5 Å². The second-order valence-corrected chi connectivity index (χ2v) is 7.78. The van der Waals surface area contributed by atoms with Crippen molar-refractivity contribution in [1.29, 1.82) is 0 Å². The van der Waals surface area contributed by atoms with Crippen molar-refractivity contribution in [3.05, 3.63) is 48.0 Å². The van der Waals surface area contributed by atoms with Gasteiger partial charge in [0.1, 0.15) is 11.5 Å². The number of carbonyl (C=O) groups is 1. The summed E-state index contributed by atoms with van der Waals surface area (Å²) >= 11 is 0.185. The first-order valence-corrected chi connectivity index (χ1v) is 9.91. The van der Waals surface area contributed by atoms with E-state index in [0.717, 1.165) is 35.6 Å². The molecule has 1 amide bonds. The van der Waals surface area contributed by atoms with Gasteiger partial charge >= 0.3 is 24.4 Å². The molecule has 2 N–H and O–H groups in total. The Morgan fingerprint density at radius 3 is 2.14 bits per heavy atom. The Labute approximate surface area is 193 Å². The molecule has 16 heteroatoms. The summed E-state index contributed by atoms with van der Waals surface area (Å²) in [5.74, 6) is -2.50. The monoisotopic (exact) mass is 533 g/mol. The zero-order valence-corrected chi connectivity index (χ0v) is 17.8. The van der Waals surface area contributed by atoms with Crippen LogP contribution >= 0.6 is 11.3 Å². The fourth-order valence-corrected chi connectivity index (χ4v) is 3.75. The molecule has 35 heavy (non-hydrogen) atoms. The van der Waals surface area contributed by atoms with Crippen molar-refractivity contribution in [3.8, 4) is 11.5 Å². The van der Waals surface area contributed by atoms with Crippen LogP contribution in [0.15, 0.2) is 42.5 Å². The summed E-state index contributed by atoms with van der Waals surface area (Å²) in [6, 6.07) is 6.82. The van der Waals surface area contributed by atoms with Gasteiger partial charge in [0.05, 0.1) is 17.3 Å². The van der Waals surface area contributed by atoms with E-state index in [1.54, 1.807) is 0 Å². The lowest BCUT2D eigenvalue weighted by Gasteiger charge is -2.38. The minimum Gasteiger partial charge on any atom is -0.497 e. The van der Waals surface area contributed by atoms with E-state index >= 15 is 0 Å². The molecule has 190 valence electrons. The van der Waals surface area contributed by atoms with Crippen LogP contribution in [-0.4, -0.2) is 42.4 Å². The molecule has 0 saturated carbocycles. The highest BCUT2D eigenvalue weighted by Gasteiger charge is 2.73. The highest BCUT2D eigenvalue weighted by Crippen LogP contribution is 2.45. The molecule has 0 fully saturated rings.